The number of rotatable bonds is 15. The topological polar surface area (TPSA) is 139 Å². The van der Waals surface area contributed by atoms with Crippen LogP contribution in [-0.2, 0) is 9.59 Å². The molecule has 0 aromatic carbocycles. The van der Waals surface area contributed by atoms with Gasteiger partial charge in [-0.3, -0.25) is 9.59 Å². The molecule has 0 radical (unpaired) electrons. The molecule has 0 spiro atoms. The number of nitrogens with one attached hydrogen (secondary N) is 2. The first-order valence-electron chi connectivity index (χ1n) is 11.8. The maximum Gasteiger partial charge on any atom is 0.252 e. The number of aliphatic hydroxyl groups excluding tert-OH is 4. The number of carbonyl (C=O) groups is 2. The lowest BCUT2D eigenvalue weighted by atomic mass is 9.79. The number of aliphatic hydroxyl groups is 4. The molecule has 0 rings (SSSR count). The van der Waals surface area contributed by atoms with Gasteiger partial charge >= 0.3 is 0 Å². The molecule has 0 aliphatic rings. The molecule has 1 amide bonds. The van der Waals surface area contributed by atoms with Crippen LogP contribution in [0.5, 0.6) is 0 Å². The fourth-order valence-corrected chi connectivity index (χ4v) is 3.85. The second kappa shape index (κ2) is 12.4. The molecule has 6 N–H and O–H groups in total. The maximum absolute atomic E-state index is 12.6. The highest BCUT2D eigenvalue weighted by Gasteiger charge is 2.40. The van der Waals surface area contributed by atoms with E-state index < -0.39 is 47.6 Å². The zero-order valence-corrected chi connectivity index (χ0v) is 21.5. The zero-order chi connectivity index (χ0) is 25.5. The number of Topliss-reactive ketones (excluding diaryl/α,β-unsaturated/α-hetero) is 1. The van der Waals surface area contributed by atoms with E-state index in [0.29, 0.717) is 12.8 Å². The summed E-state index contributed by atoms with van der Waals surface area (Å²) in [6, 6.07) is 0. The molecule has 5 atom stereocenters. The summed E-state index contributed by atoms with van der Waals surface area (Å²) in [5.41, 5.74) is -0.854. The van der Waals surface area contributed by atoms with Gasteiger partial charge in [-0.25, -0.2) is 0 Å². The van der Waals surface area contributed by atoms with Gasteiger partial charge in [0.05, 0.1) is 0 Å². The van der Waals surface area contributed by atoms with Gasteiger partial charge in [0.25, 0.3) is 5.91 Å². The smallest absolute Gasteiger partial charge is 0.252 e. The molecule has 0 aliphatic carbocycles. The minimum absolute atomic E-state index is 0.0364. The number of ketones is 1. The van der Waals surface area contributed by atoms with Crippen LogP contribution >= 0.6 is 0 Å². The van der Waals surface area contributed by atoms with E-state index in [1.165, 1.54) is 0 Å². The van der Waals surface area contributed by atoms with Crippen molar-refractivity contribution in [1.29, 1.82) is 0 Å². The molecule has 0 aromatic heterocycles. The number of carbonyl (C=O) groups excluding carboxylic acids is 2. The summed E-state index contributed by atoms with van der Waals surface area (Å²) in [6.45, 7) is 18.4. The first kappa shape index (κ1) is 30.9. The summed E-state index contributed by atoms with van der Waals surface area (Å²) in [5.74, 6) is -2.04. The Kier molecular flexibility index (Phi) is 12.0. The maximum atomic E-state index is 12.6. The second-order valence-electron chi connectivity index (χ2n) is 10.9. The zero-order valence-electron chi connectivity index (χ0n) is 21.5. The predicted molar refractivity (Wildman–Crippen MR) is 126 cm³/mol. The van der Waals surface area contributed by atoms with Crippen LogP contribution in [0.15, 0.2) is 0 Å². The van der Waals surface area contributed by atoms with Gasteiger partial charge in [0.2, 0.25) is 0 Å². The van der Waals surface area contributed by atoms with Crippen molar-refractivity contribution < 1.29 is 30.0 Å². The second-order valence-corrected chi connectivity index (χ2v) is 10.9. The van der Waals surface area contributed by atoms with Gasteiger partial charge in [0, 0.05) is 23.5 Å². The summed E-state index contributed by atoms with van der Waals surface area (Å²) in [7, 11) is 0. The normalized spacial score (nSPS) is 17.9. The molecule has 0 heterocycles. The number of hydrogen-bond acceptors (Lipinski definition) is 7. The van der Waals surface area contributed by atoms with Gasteiger partial charge in [-0.15, -0.1) is 0 Å². The van der Waals surface area contributed by atoms with E-state index in [4.69, 9.17) is 0 Å². The molecule has 0 saturated carbocycles. The average molecular weight is 461 g/mol. The van der Waals surface area contributed by atoms with Crippen molar-refractivity contribution in [2.45, 2.75) is 123 Å². The standard InChI is InChI=1S/C24H48N2O6/c1-10-15(4)16(27)17(28)18(29)19(30)20(31)21(32)26-23(7,8)13-22(5,6)14-25-24(9,11-2)12-3/h15,17-20,25,28-31H,10-14H2,1-9H3,(H,26,32)/t15?,17?,18?,19-,20+/m1/s1. The Morgan fingerprint density at radius 2 is 1.31 bits per heavy atom. The molecule has 8 heteroatoms. The van der Waals surface area contributed by atoms with Crippen LogP contribution < -0.4 is 10.6 Å². The SMILES string of the molecule is CCC(C)C(=O)C(O)C(O)[C@@H](O)[C@H](O)C(=O)NC(C)(C)CC(C)(C)CNC(C)(CC)CC. The highest BCUT2D eigenvalue weighted by molar-refractivity contribution is 5.86. The summed E-state index contributed by atoms with van der Waals surface area (Å²) in [5, 5.41) is 47.0. The van der Waals surface area contributed by atoms with Crippen molar-refractivity contribution >= 4 is 11.7 Å². The Morgan fingerprint density at radius 1 is 0.844 bits per heavy atom. The van der Waals surface area contributed by atoms with Crippen LogP contribution in [0, 0.1) is 11.3 Å². The van der Waals surface area contributed by atoms with Gasteiger partial charge < -0.3 is 31.1 Å². The fraction of sp³-hybridized carbons (Fsp3) is 0.917. The molecule has 0 aromatic rings. The van der Waals surface area contributed by atoms with Gasteiger partial charge in [-0.2, -0.15) is 0 Å². The summed E-state index contributed by atoms with van der Waals surface area (Å²) < 4.78 is 0. The van der Waals surface area contributed by atoms with E-state index in [1.807, 2.05) is 13.8 Å². The summed E-state index contributed by atoms with van der Waals surface area (Å²) in [4.78, 5) is 24.6. The molecule has 0 saturated heterocycles. The molecule has 0 bridgehead atoms. The van der Waals surface area contributed by atoms with Gasteiger partial charge in [-0.05, 0) is 51.9 Å². The average Bonchev–Trinajstić information content (AvgIpc) is 2.72. The third-order valence-corrected chi connectivity index (χ3v) is 6.59. The molecular formula is C24H48N2O6. The van der Waals surface area contributed by atoms with E-state index in [2.05, 4.69) is 45.3 Å². The largest absolute Gasteiger partial charge is 0.387 e. The molecular weight excluding hydrogens is 412 g/mol. The van der Waals surface area contributed by atoms with Crippen LogP contribution in [0.3, 0.4) is 0 Å². The molecule has 190 valence electrons. The van der Waals surface area contributed by atoms with Crippen molar-refractivity contribution in [3.05, 3.63) is 0 Å². The Bertz CT molecular complexity index is 603. The van der Waals surface area contributed by atoms with Crippen LogP contribution in [0.2, 0.25) is 0 Å². The van der Waals surface area contributed by atoms with Gasteiger partial charge in [0.1, 0.15) is 18.3 Å². The third kappa shape index (κ3) is 9.43. The van der Waals surface area contributed by atoms with Crippen LogP contribution in [-0.4, -0.2) is 74.2 Å². The van der Waals surface area contributed by atoms with Crippen molar-refractivity contribution in [3.63, 3.8) is 0 Å². The molecule has 0 fully saturated rings. The van der Waals surface area contributed by atoms with E-state index >= 15 is 0 Å². The van der Waals surface area contributed by atoms with Crippen molar-refractivity contribution in [2.75, 3.05) is 6.54 Å². The minimum Gasteiger partial charge on any atom is -0.387 e. The molecule has 0 aliphatic heterocycles. The minimum atomic E-state index is -2.00. The lowest BCUT2D eigenvalue weighted by Crippen LogP contribution is -2.57. The first-order valence-corrected chi connectivity index (χ1v) is 11.8. The number of amides is 1. The van der Waals surface area contributed by atoms with E-state index in [-0.39, 0.29) is 11.0 Å². The van der Waals surface area contributed by atoms with Gasteiger partial charge in [-0.1, -0.05) is 41.5 Å². The number of hydrogen-bond donors (Lipinski definition) is 6. The van der Waals surface area contributed by atoms with Crippen molar-refractivity contribution in [2.24, 2.45) is 11.3 Å². The third-order valence-electron chi connectivity index (χ3n) is 6.59. The monoisotopic (exact) mass is 460 g/mol. The summed E-state index contributed by atoms with van der Waals surface area (Å²) >= 11 is 0. The lowest BCUT2D eigenvalue weighted by molar-refractivity contribution is -0.157. The fourth-order valence-electron chi connectivity index (χ4n) is 3.85. The van der Waals surface area contributed by atoms with Crippen LogP contribution in [0.1, 0.15) is 88.0 Å². The summed E-state index contributed by atoms with van der Waals surface area (Å²) in [6.07, 6.45) is -4.81. The highest BCUT2D eigenvalue weighted by Crippen LogP contribution is 2.29. The Morgan fingerprint density at radius 3 is 1.75 bits per heavy atom. The van der Waals surface area contributed by atoms with Crippen LogP contribution in [0.25, 0.3) is 0 Å². The molecule has 3 unspecified atom stereocenters. The highest BCUT2D eigenvalue weighted by atomic mass is 16.4. The molecule has 8 nitrogen and oxygen atoms in total. The van der Waals surface area contributed by atoms with Crippen molar-refractivity contribution in [3.8, 4) is 0 Å². The van der Waals surface area contributed by atoms with Crippen LogP contribution in [0.4, 0.5) is 0 Å². The molecule has 32 heavy (non-hydrogen) atoms. The Balaban J connectivity index is 5.07. The quantitative estimate of drug-likeness (QED) is 0.218. The van der Waals surface area contributed by atoms with E-state index in [0.717, 1.165) is 19.4 Å². The predicted octanol–water partition coefficient (Wildman–Crippen LogP) is 1.52. The van der Waals surface area contributed by atoms with Crippen molar-refractivity contribution in [1.82, 2.24) is 10.6 Å². The lowest BCUT2D eigenvalue weighted by Gasteiger charge is -2.39. The Hall–Kier alpha value is -1.06. The van der Waals surface area contributed by atoms with Gasteiger partial charge in [0.15, 0.2) is 11.9 Å². The van der Waals surface area contributed by atoms with E-state index in [9.17, 15) is 30.0 Å². The Labute approximate surface area is 194 Å². The van der Waals surface area contributed by atoms with E-state index in [1.54, 1.807) is 13.8 Å². The first-order chi connectivity index (χ1) is 14.5.